The zero-order valence-electron chi connectivity index (χ0n) is 10.2. The van der Waals surface area contributed by atoms with E-state index in [1.54, 1.807) is 0 Å². The fourth-order valence-electron chi connectivity index (χ4n) is 2.25. The molecule has 0 aromatic heterocycles. The first-order valence-electron chi connectivity index (χ1n) is 5.69. The van der Waals surface area contributed by atoms with Crippen LogP contribution in [0.3, 0.4) is 0 Å². The standard InChI is InChI=1S/C14H20O2/c1-11(9-13(15)16)10-14(2,3)12-7-5-4-6-8-12/h4-8,11H,9-10H2,1-3H3,(H,15,16). The van der Waals surface area contributed by atoms with Crippen molar-refractivity contribution in [3.63, 3.8) is 0 Å². The second-order valence-electron chi connectivity index (χ2n) is 5.16. The summed E-state index contributed by atoms with van der Waals surface area (Å²) in [5, 5.41) is 8.75. The minimum absolute atomic E-state index is 0.0378. The Bertz CT molecular complexity index is 341. The highest BCUT2D eigenvalue weighted by Crippen LogP contribution is 2.31. The molecule has 0 heterocycles. The molecule has 1 rings (SSSR count). The monoisotopic (exact) mass is 220 g/mol. The van der Waals surface area contributed by atoms with Gasteiger partial charge in [0.05, 0.1) is 0 Å². The predicted molar refractivity (Wildman–Crippen MR) is 65.5 cm³/mol. The molecule has 1 aromatic rings. The minimum Gasteiger partial charge on any atom is -0.481 e. The Labute approximate surface area is 97.3 Å². The van der Waals surface area contributed by atoms with Crippen molar-refractivity contribution in [1.82, 2.24) is 0 Å². The molecule has 0 spiro atoms. The summed E-state index contributed by atoms with van der Waals surface area (Å²) < 4.78 is 0. The molecular weight excluding hydrogens is 200 g/mol. The summed E-state index contributed by atoms with van der Waals surface area (Å²) in [6.45, 7) is 6.33. The average Bonchev–Trinajstić information content (AvgIpc) is 2.16. The first-order valence-corrected chi connectivity index (χ1v) is 5.69. The van der Waals surface area contributed by atoms with E-state index in [0.29, 0.717) is 0 Å². The zero-order valence-corrected chi connectivity index (χ0v) is 10.2. The van der Waals surface area contributed by atoms with Crippen LogP contribution in [-0.4, -0.2) is 11.1 Å². The lowest BCUT2D eigenvalue weighted by Gasteiger charge is -2.28. The first kappa shape index (κ1) is 12.8. The molecule has 1 aromatic carbocycles. The number of aliphatic carboxylic acids is 1. The Morgan fingerprint density at radius 2 is 1.88 bits per heavy atom. The van der Waals surface area contributed by atoms with Gasteiger partial charge < -0.3 is 5.11 Å². The smallest absolute Gasteiger partial charge is 0.303 e. The fraction of sp³-hybridized carbons (Fsp3) is 0.500. The molecule has 1 atom stereocenters. The van der Waals surface area contributed by atoms with Crippen molar-refractivity contribution in [2.24, 2.45) is 5.92 Å². The molecular formula is C14H20O2. The Hall–Kier alpha value is -1.31. The molecule has 2 nitrogen and oxygen atoms in total. The van der Waals surface area contributed by atoms with Crippen molar-refractivity contribution in [2.75, 3.05) is 0 Å². The van der Waals surface area contributed by atoms with Gasteiger partial charge in [-0.1, -0.05) is 51.1 Å². The van der Waals surface area contributed by atoms with Gasteiger partial charge >= 0.3 is 5.97 Å². The highest BCUT2D eigenvalue weighted by molar-refractivity contribution is 5.66. The van der Waals surface area contributed by atoms with E-state index in [1.165, 1.54) is 5.56 Å². The molecule has 1 N–H and O–H groups in total. The number of carbonyl (C=O) groups is 1. The minimum atomic E-state index is -0.712. The van der Waals surface area contributed by atoms with Crippen molar-refractivity contribution in [3.8, 4) is 0 Å². The Morgan fingerprint density at radius 3 is 2.38 bits per heavy atom. The molecule has 0 aliphatic carbocycles. The van der Waals surface area contributed by atoms with E-state index in [-0.39, 0.29) is 17.8 Å². The third kappa shape index (κ3) is 3.69. The SMILES string of the molecule is CC(CC(=O)O)CC(C)(C)c1ccccc1. The topological polar surface area (TPSA) is 37.3 Å². The van der Waals surface area contributed by atoms with E-state index < -0.39 is 5.97 Å². The van der Waals surface area contributed by atoms with Crippen LogP contribution in [-0.2, 0) is 10.2 Å². The van der Waals surface area contributed by atoms with Crippen LogP contribution >= 0.6 is 0 Å². The first-order chi connectivity index (χ1) is 7.42. The molecule has 0 saturated heterocycles. The van der Waals surface area contributed by atoms with Gasteiger partial charge in [0.25, 0.3) is 0 Å². The van der Waals surface area contributed by atoms with Crippen LogP contribution in [0.15, 0.2) is 30.3 Å². The van der Waals surface area contributed by atoms with Gasteiger partial charge in [0.2, 0.25) is 0 Å². The van der Waals surface area contributed by atoms with Crippen LogP contribution in [0.1, 0.15) is 39.2 Å². The number of hydrogen-bond donors (Lipinski definition) is 1. The summed E-state index contributed by atoms with van der Waals surface area (Å²) in [5.74, 6) is -0.510. The van der Waals surface area contributed by atoms with Crippen LogP contribution in [0.2, 0.25) is 0 Å². The maximum Gasteiger partial charge on any atom is 0.303 e. The molecule has 16 heavy (non-hydrogen) atoms. The molecule has 1 unspecified atom stereocenters. The van der Waals surface area contributed by atoms with Crippen LogP contribution in [0.25, 0.3) is 0 Å². The van der Waals surface area contributed by atoms with Gasteiger partial charge in [-0.3, -0.25) is 4.79 Å². The van der Waals surface area contributed by atoms with E-state index in [2.05, 4.69) is 26.0 Å². The molecule has 0 radical (unpaired) electrons. The average molecular weight is 220 g/mol. The third-order valence-corrected chi connectivity index (χ3v) is 2.94. The highest BCUT2D eigenvalue weighted by atomic mass is 16.4. The molecule has 0 fully saturated rings. The van der Waals surface area contributed by atoms with Crippen LogP contribution in [0, 0.1) is 5.92 Å². The van der Waals surface area contributed by atoms with E-state index in [4.69, 9.17) is 5.11 Å². The second-order valence-corrected chi connectivity index (χ2v) is 5.16. The number of hydrogen-bond acceptors (Lipinski definition) is 1. The summed E-state index contributed by atoms with van der Waals surface area (Å²) in [6.07, 6.45) is 1.14. The lowest BCUT2D eigenvalue weighted by Crippen LogP contribution is -2.21. The van der Waals surface area contributed by atoms with E-state index in [1.807, 2.05) is 25.1 Å². The normalized spacial score (nSPS) is 13.4. The maximum atomic E-state index is 10.6. The fourth-order valence-corrected chi connectivity index (χ4v) is 2.25. The molecule has 88 valence electrons. The predicted octanol–water partition coefficient (Wildman–Crippen LogP) is 3.47. The maximum absolute atomic E-state index is 10.6. The van der Waals surface area contributed by atoms with E-state index in [9.17, 15) is 4.79 Å². The lowest BCUT2D eigenvalue weighted by molar-refractivity contribution is -0.138. The van der Waals surface area contributed by atoms with Gasteiger partial charge in [-0.15, -0.1) is 0 Å². The number of rotatable bonds is 5. The molecule has 0 aliphatic rings. The van der Waals surface area contributed by atoms with Gasteiger partial charge in [0.1, 0.15) is 0 Å². The molecule has 0 saturated carbocycles. The van der Waals surface area contributed by atoms with Crippen LogP contribution < -0.4 is 0 Å². The number of carboxylic acids is 1. The summed E-state index contributed by atoms with van der Waals surface area (Å²) >= 11 is 0. The summed E-state index contributed by atoms with van der Waals surface area (Å²) in [6, 6.07) is 10.3. The summed E-state index contributed by atoms with van der Waals surface area (Å²) in [7, 11) is 0. The molecule has 0 bridgehead atoms. The van der Waals surface area contributed by atoms with E-state index >= 15 is 0 Å². The molecule has 0 aliphatic heterocycles. The van der Waals surface area contributed by atoms with Gasteiger partial charge in [0.15, 0.2) is 0 Å². The van der Waals surface area contributed by atoms with Gasteiger partial charge in [-0.05, 0) is 23.3 Å². The molecule has 2 heteroatoms. The Morgan fingerprint density at radius 1 is 1.31 bits per heavy atom. The van der Waals surface area contributed by atoms with Crippen molar-refractivity contribution in [3.05, 3.63) is 35.9 Å². The second kappa shape index (κ2) is 5.15. The lowest BCUT2D eigenvalue weighted by atomic mass is 9.77. The van der Waals surface area contributed by atoms with Gasteiger partial charge in [-0.2, -0.15) is 0 Å². The highest BCUT2D eigenvalue weighted by Gasteiger charge is 2.24. The van der Waals surface area contributed by atoms with E-state index in [0.717, 1.165) is 6.42 Å². The zero-order chi connectivity index (χ0) is 12.2. The molecule has 0 amide bonds. The van der Waals surface area contributed by atoms with Gasteiger partial charge in [-0.25, -0.2) is 0 Å². The number of carboxylic acid groups (broad SMARTS) is 1. The number of benzene rings is 1. The van der Waals surface area contributed by atoms with Crippen molar-refractivity contribution >= 4 is 5.97 Å². The largest absolute Gasteiger partial charge is 0.481 e. The van der Waals surface area contributed by atoms with Crippen LogP contribution in [0.5, 0.6) is 0 Å². The van der Waals surface area contributed by atoms with Gasteiger partial charge in [0, 0.05) is 6.42 Å². The Balaban J connectivity index is 2.68. The summed E-state index contributed by atoms with van der Waals surface area (Å²) in [5.41, 5.74) is 1.31. The summed E-state index contributed by atoms with van der Waals surface area (Å²) in [4.78, 5) is 10.6. The quantitative estimate of drug-likeness (QED) is 0.825. The van der Waals surface area contributed by atoms with Crippen molar-refractivity contribution < 1.29 is 9.90 Å². The van der Waals surface area contributed by atoms with Crippen molar-refractivity contribution in [1.29, 1.82) is 0 Å². The van der Waals surface area contributed by atoms with Crippen LogP contribution in [0.4, 0.5) is 0 Å². The Kier molecular flexibility index (Phi) is 4.11. The van der Waals surface area contributed by atoms with Crippen molar-refractivity contribution in [2.45, 2.75) is 39.0 Å². The third-order valence-electron chi connectivity index (χ3n) is 2.94.